The number of aromatic nitrogens is 2. The molecule has 24 heteroatoms. The maximum Gasteiger partial charge on any atom is 0.420 e. The maximum absolute atomic E-state index is 15.8. The Morgan fingerprint density at radius 3 is 2.25 bits per heavy atom. The lowest BCUT2D eigenvalue weighted by Crippen LogP contribution is -2.58. The van der Waals surface area contributed by atoms with Crippen molar-refractivity contribution >= 4 is 63.7 Å². The van der Waals surface area contributed by atoms with E-state index in [1.165, 1.54) is 36.2 Å². The monoisotopic (exact) mass is 1100 g/mol. The van der Waals surface area contributed by atoms with Gasteiger partial charge in [0.1, 0.15) is 35.5 Å². The van der Waals surface area contributed by atoms with E-state index in [0.29, 0.717) is 11.0 Å². The standard InChI is InChI=1S/C52H51F7N8O7S2/c1-27-44(76-26-63-27)29-11-9-28(10-12-29)22-62-46(70)38-20-33(68)24-65(38)47(71)45(50(2,3)4)64-39(69)25-73-15-7-8-16-74-43-35(54)17-31(18-36(43)55)42-34(53)19-32(23-61-42)67-49(75)66(48(72)51(67,5)6)37-14-13-30(21-60)40(41(37)56)52(57,58)59/h9-14,17-19,23,26,33,38,45,68H,7-8,15-16,20,22,24-25H2,1-6H3,(H,62,70)(H,64,69)/t33-,38+,45-/m1/s1. The molecule has 15 nitrogen and oxygen atoms in total. The number of rotatable bonds is 17. The van der Waals surface area contributed by atoms with Gasteiger partial charge in [0.2, 0.25) is 17.7 Å². The summed E-state index contributed by atoms with van der Waals surface area (Å²) in [7, 11) is 0. The summed E-state index contributed by atoms with van der Waals surface area (Å²) in [6, 6.07) is 10.7. The summed E-state index contributed by atoms with van der Waals surface area (Å²) < 4.78 is 114. The van der Waals surface area contributed by atoms with Crippen LogP contribution < -0.4 is 25.2 Å². The fourth-order valence-corrected chi connectivity index (χ4v) is 10.1. The van der Waals surface area contributed by atoms with Gasteiger partial charge < -0.3 is 35.0 Å². The number of pyridine rings is 1. The number of hydrogen-bond donors (Lipinski definition) is 3. The van der Waals surface area contributed by atoms with Crippen LogP contribution in [-0.2, 0) is 36.6 Å². The smallest absolute Gasteiger partial charge is 0.420 e. The first-order valence-corrected chi connectivity index (χ1v) is 24.9. The molecule has 2 aromatic heterocycles. The largest absolute Gasteiger partial charge is 0.488 e. The Kier molecular flexibility index (Phi) is 16.9. The number of halogens is 7. The molecule has 76 heavy (non-hydrogen) atoms. The molecule has 2 aliphatic rings. The van der Waals surface area contributed by atoms with Crippen molar-refractivity contribution in [3.05, 3.63) is 112 Å². The van der Waals surface area contributed by atoms with E-state index in [9.17, 15) is 37.5 Å². The van der Waals surface area contributed by atoms with E-state index in [1.54, 1.807) is 26.3 Å². The van der Waals surface area contributed by atoms with Crippen LogP contribution in [-0.4, -0.2) is 98.8 Å². The molecule has 0 radical (unpaired) electrons. The van der Waals surface area contributed by atoms with Gasteiger partial charge in [-0.1, -0.05) is 45.0 Å². The van der Waals surface area contributed by atoms with Crippen LogP contribution in [0.2, 0.25) is 0 Å². The van der Waals surface area contributed by atoms with Gasteiger partial charge in [-0.25, -0.2) is 22.5 Å². The SMILES string of the molecule is Cc1ncsc1-c1ccc(CNC(=O)[C@@H]2C[C@@H](O)CN2C(=O)[C@@H](NC(=O)COCCCCOc2c(F)cc(-c3ncc(N4C(=S)N(c5ccc(C#N)c(C(F)(F)F)c5F)C(=O)C4(C)C)cc3F)cc2F)C(C)(C)C)cc1. The number of aliphatic hydroxyl groups is 1. The number of hydrogen-bond acceptors (Lipinski definition) is 12. The van der Waals surface area contributed by atoms with Crippen LogP contribution in [0.15, 0.2) is 66.3 Å². The normalized spacial score (nSPS) is 17.0. The number of aliphatic hydroxyl groups excluding tert-OH is 1. The van der Waals surface area contributed by atoms with Crippen LogP contribution in [0, 0.1) is 46.9 Å². The summed E-state index contributed by atoms with van der Waals surface area (Å²) in [6.07, 6.45) is -4.78. The van der Waals surface area contributed by atoms with Gasteiger partial charge >= 0.3 is 6.18 Å². The first-order chi connectivity index (χ1) is 35.7. The van der Waals surface area contributed by atoms with Gasteiger partial charge in [0.15, 0.2) is 34.1 Å². The summed E-state index contributed by atoms with van der Waals surface area (Å²) >= 11 is 6.92. The molecule has 3 N–H and O–H groups in total. The van der Waals surface area contributed by atoms with Gasteiger partial charge in [0, 0.05) is 37.7 Å². The lowest BCUT2D eigenvalue weighted by atomic mass is 9.85. The molecule has 0 unspecified atom stereocenters. The average molecular weight is 1100 g/mol. The molecular formula is C52H51F7N8O7S2. The lowest BCUT2D eigenvalue weighted by molar-refractivity contribution is -0.144. The van der Waals surface area contributed by atoms with Gasteiger partial charge in [-0.15, -0.1) is 11.3 Å². The van der Waals surface area contributed by atoms with Crippen molar-refractivity contribution in [2.75, 3.05) is 36.2 Å². The molecule has 0 bridgehead atoms. The van der Waals surface area contributed by atoms with E-state index in [0.717, 1.165) is 57.1 Å². The second kappa shape index (κ2) is 22.6. The Morgan fingerprint density at radius 2 is 1.64 bits per heavy atom. The number of carbonyl (C=O) groups excluding carboxylic acids is 4. The number of aryl methyl sites for hydroxylation is 1. The maximum atomic E-state index is 15.8. The molecule has 4 amide bonds. The number of amides is 4. The highest BCUT2D eigenvalue weighted by atomic mass is 32.1. The average Bonchev–Trinajstić information content (AvgIpc) is 4.01. The molecule has 0 aliphatic carbocycles. The van der Waals surface area contributed by atoms with E-state index in [-0.39, 0.29) is 56.8 Å². The number of nitriles is 1. The van der Waals surface area contributed by atoms with Crippen molar-refractivity contribution in [1.82, 2.24) is 25.5 Å². The van der Waals surface area contributed by atoms with Gasteiger partial charge in [0.05, 0.1) is 58.0 Å². The zero-order valence-electron chi connectivity index (χ0n) is 41.8. The van der Waals surface area contributed by atoms with Crippen molar-refractivity contribution in [1.29, 1.82) is 5.26 Å². The third-order valence-electron chi connectivity index (χ3n) is 12.7. The van der Waals surface area contributed by atoms with Crippen molar-refractivity contribution in [2.24, 2.45) is 5.41 Å². The predicted octanol–water partition coefficient (Wildman–Crippen LogP) is 8.53. The number of alkyl halides is 3. The molecule has 4 heterocycles. The number of thiazole rings is 1. The second-order valence-corrected chi connectivity index (χ2v) is 20.8. The minimum absolute atomic E-state index is 0.0120. The van der Waals surface area contributed by atoms with Crippen LogP contribution >= 0.6 is 23.6 Å². The van der Waals surface area contributed by atoms with Gasteiger partial charge in [0.25, 0.3) is 5.91 Å². The molecule has 2 aliphatic heterocycles. The number of nitrogens with one attached hydrogen (secondary N) is 2. The third kappa shape index (κ3) is 12.0. The predicted molar refractivity (Wildman–Crippen MR) is 269 cm³/mol. The fourth-order valence-electron chi connectivity index (χ4n) is 8.77. The number of anilines is 2. The second-order valence-electron chi connectivity index (χ2n) is 19.6. The zero-order valence-corrected chi connectivity index (χ0v) is 43.4. The molecular weight excluding hydrogens is 1050 g/mol. The van der Waals surface area contributed by atoms with Crippen molar-refractivity contribution < 1.29 is 64.5 Å². The first-order valence-electron chi connectivity index (χ1n) is 23.6. The molecule has 3 aromatic carbocycles. The molecule has 3 atom stereocenters. The highest BCUT2D eigenvalue weighted by molar-refractivity contribution is 7.81. The van der Waals surface area contributed by atoms with E-state index < -0.39 is 122 Å². The van der Waals surface area contributed by atoms with Crippen molar-refractivity contribution in [3.8, 4) is 33.5 Å². The number of β-amino-alcohol motifs (C(OH)–C–C–N with tert-alkyl or cyclic N) is 1. The third-order valence-corrected chi connectivity index (χ3v) is 14.0. The molecule has 2 saturated heterocycles. The highest BCUT2D eigenvalue weighted by Gasteiger charge is 2.52. The van der Waals surface area contributed by atoms with Crippen LogP contribution in [0.4, 0.5) is 42.1 Å². The number of likely N-dealkylation sites (tertiary alicyclic amines) is 1. The van der Waals surface area contributed by atoms with Crippen LogP contribution in [0.25, 0.3) is 21.7 Å². The topological polar surface area (TPSA) is 190 Å². The fraction of sp³-hybridized carbons (Fsp3) is 0.385. The summed E-state index contributed by atoms with van der Waals surface area (Å²) in [5.41, 5.74) is -2.98. The zero-order chi connectivity index (χ0) is 55.6. The quantitative estimate of drug-likeness (QED) is 0.0458. The molecule has 5 aromatic rings. The van der Waals surface area contributed by atoms with Gasteiger partial charge in [-0.3, -0.25) is 29.1 Å². The van der Waals surface area contributed by atoms with E-state index in [1.807, 2.05) is 31.2 Å². The van der Waals surface area contributed by atoms with Crippen LogP contribution in [0.1, 0.15) is 76.3 Å². The van der Waals surface area contributed by atoms with Gasteiger partial charge in [-0.05, 0) is 86.6 Å². The molecule has 2 fully saturated rings. The molecule has 0 spiro atoms. The summed E-state index contributed by atoms with van der Waals surface area (Å²) in [5.74, 6) is -8.89. The Labute approximate surface area is 441 Å². The van der Waals surface area contributed by atoms with Gasteiger partial charge in [-0.2, -0.15) is 18.4 Å². The number of benzene rings is 3. The number of unbranched alkanes of at least 4 members (excludes halogenated alkanes) is 1. The molecule has 0 saturated carbocycles. The minimum Gasteiger partial charge on any atom is -0.488 e. The van der Waals surface area contributed by atoms with E-state index in [4.69, 9.17) is 27.0 Å². The first kappa shape index (κ1) is 56.7. The number of thiocarbonyl (C=S) groups is 1. The number of carbonyl (C=O) groups is 4. The van der Waals surface area contributed by atoms with Crippen molar-refractivity contribution in [2.45, 2.75) is 97.3 Å². The molecule has 7 rings (SSSR count). The van der Waals surface area contributed by atoms with Crippen LogP contribution in [0.3, 0.4) is 0 Å². The van der Waals surface area contributed by atoms with E-state index >= 15 is 17.6 Å². The Balaban J connectivity index is 0.889. The Morgan fingerprint density at radius 1 is 0.974 bits per heavy atom. The minimum atomic E-state index is -5.31. The molecule has 402 valence electrons. The van der Waals surface area contributed by atoms with Crippen molar-refractivity contribution in [3.63, 3.8) is 0 Å². The Hall–Kier alpha value is -7.07. The van der Waals surface area contributed by atoms with Crippen LogP contribution in [0.5, 0.6) is 5.75 Å². The highest BCUT2D eigenvalue weighted by Crippen LogP contribution is 2.43. The number of nitrogens with zero attached hydrogens (tertiary/aromatic N) is 6. The Bertz CT molecular complexity index is 3080. The summed E-state index contributed by atoms with van der Waals surface area (Å²) in [4.78, 5) is 66.2. The summed E-state index contributed by atoms with van der Waals surface area (Å²) in [6.45, 7) is 9.17. The summed E-state index contributed by atoms with van der Waals surface area (Å²) in [5, 5.41) is 24.7. The lowest BCUT2D eigenvalue weighted by Gasteiger charge is -2.35. The number of ether oxygens (including phenoxy) is 2. The van der Waals surface area contributed by atoms with E-state index in [2.05, 4.69) is 20.6 Å².